The van der Waals surface area contributed by atoms with Gasteiger partial charge >= 0.3 is 0 Å². The molecule has 0 saturated heterocycles. The van der Waals surface area contributed by atoms with Gasteiger partial charge in [0.05, 0.1) is 11.7 Å². The molecule has 0 radical (unpaired) electrons. The second-order valence-electron chi connectivity index (χ2n) is 7.31. The summed E-state index contributed by atoms with van der Waals surface area (Å²) in [5.41, 5.74) is 3.21. The zero-order chi connectivity index (χ0) is 20.8. The number of aromatic nitrogens is 2. The molecule has 0 aliphatic carbocycles. The smallest absolute Gasteiger partial charge is 0.258 e. The van der Waals surface area contributed by atoms with E-state index in [4.69, 9.17) is 4.74 Å². The Morgan fingerprint density at radius 3 is 2.21 bits per heavy atom. The number of amides is 1. The number of carbonyl (C=O) groups is 1. The molecule has 0 aliphatic rings. The van der Waals surface area contributed by atoms with Crippen LogP contribution in [0.5, 0.6) is 5.75 Å². The van der Waals surface area contributed by atoms with Crippen LogP contribution in [0.2, 0.25) is 0 Å². The van der Waals surface area contributed by atoms with Crippen LogP contribution in [0.4, 0.5) is 17.3 Å². The van der Waals surface area contributed by atoms with Crippen molar-refractivity contribution in [2.45, 2.75) is 39.7 Å². The quantitative estimate of drug-likeness (QED) is 0.566. The number of carbonyl (C=O) groups excluding carboxylic acids is 1. The molecule has 29 heavy (non-hydrogen) atoms. The molecule has 0 spiro atoms. The highest BCUT2D eigenvalue weighted by molar-refractivity contribution is 6.03. The summed E-state index contributed by atoms with van der Waals surface area (Å²) >= 11 is 0. The molecule has 3 rings (SSSR count). The number of nitrogens with one attached hydrogen (secondary N) is 2. The standard InChI is InChI=1S/C23H26N4O2/c1-15(2)20-7-5-6-8-21(20)27-23-24-13-17(14-25-23)22(28)26-18-9-11-19(12-10-18)29-16(3)4/h5-16H,1-4H3,(H,26,28)(H,24,25,27). The van der Waals surface area contributed by atoms with E-state index in [1.165, 1.54) is 18.0 Å². The molecule has 2 aromatic carbocycles. The van der Waals surface area contributed by atoms with Crippen molar-refractivity contribution in [2.75, 3.05) is 10.6 Å². The highest BCUT2D eigenvalue weighted by Crippen LogP contribution is 2.25. The van der Waals surface area contributed by atoms with Gasteiger partial charge in [0.1, 0.15) is 5.75 Å². The second kappa shape index (κ2) is 9.19. The first-order valence-electron chi connectivity index (χ1n) is 9.68. The van der Waals surface area contributed by atoms with Crippen molar-refractivity contribution in [1.82, 2.24) is 9.97 Å². The fourth-order valence-electron chi connectivity index (χ4n) is 2.84. The minimum Gasteiger partial charge on any atom is -0.491 e. The Labute approximate surface area is 171 Å². The SMILES string of the molecule is CC(C)Oc1ccc(NC(=O)c2cnc(Nc3ccccc3C(C)C)nc2)cc1. The molecule has 0 unspecified atom stereocenters. The number of benzene rings is 2. The first kappa shape index (κ1) is 20.3. The Morgan fingerprint density at radius 1 is 0.931 bits per heavy atom. The van der Waals surface area contributed by atoms with E-state index in [1.54, 1.807) is 12.1 Å². The third-order valence-corrected chi connectivity index (χ3v) is 4.23. The lowest BCUT2D eigenvalue weighted by Gasteiger charge is -2.13. The maximum atomic E-state index is 12.4. The summed E-state index contributed by atoms with van der Waals surface area (Å²) in [4.78, 5) is 21.0. The first-order chi connectivity index (χ1) is 13.9. The molecule has 3 aromatic rings. The van der Waals surface area contributed by atoms with Crippen molar-refractivity contribution in [1.29, 1.82) is 0 Å². The lowest BCUT2D eigenvalue weighted by molar-refractivity contribution is 0.102. The summed E-state index contributed by atoms with van der Waals surface area (Å²) in [5, 5.41) is 6.06. The van der Waals surface area contributed by atoms with Crippen molar-refractivity contribution in [3.8, 4) is 5.75 Å². The molecule has 1 aromatic heterocycles. The number of rotatable bonds is 7. The number of hydrogen-bond donors (Lipinski definition) is 2. The molecule has 6 heteroatoms. The monoisotopic (exact) mass is 390 g/mol. The molecule has 0 fully saturated rings. The van der Waals surface area contributed by atoms with Crippen molar-refractivity contribution in [2.24, 2.45) is 0 Å². The topological polar surface area (TPSA) is 76.1 Å². The van der Waals surface area contributed by atoms with Gasteiger partial charge in [-0.1, -0.05) is 32.0 Å². The molecule has 0 bridgehead atoms. The number of ether oxygens (including phenoxy) is 1. The molecule has 0 saturated carbocycles. The van der Waals surface area contributed by atoms with Crippen LogP contribution in [0.15, 0.2) is 60.9 Å². The van der Waals surface area contributed by atoms with Gasteiger partial charge in [-0.15, -0.1) is 0 Å². The number of para-hydroxylation sites is 1. The van der Waals surface area contributed by atoms with Crippen LogP contribution in [0.3, 0.4) is 0 Å². The largest absolute Gasteiger partial charge is 0.491 e. The van der Waals surface area contributed by atoms with Crippen LogP contribution in [0.25, 0.3) is 0 Å². The average Bonchev–Trinajstić information content (AvgIpc) is 2.70. The van der Waals surface area contributed by atoms with E-state index in [-0.39, 0.29) is 12.0 Å². The van der Waals surface area contributed by atoms with E-state index in [1.807, 2.05) is 44.2 Å². The summed E-state index contributed by atoms with van der Waals surface area (Å²) in [6.45, 7) is 8.21. The minimum atomic E-state index is -0.267. The Kier molecular flexibility index (Phi) is 6.44. The Balaban J connectivity index is 1.65. The van der Waals surface area contributed by atoms with Gasteiger partial charge in [0.2, 0.25) is 5.95 Å². The van der Waals surface area contributed by atoms with Gasteiger partial charge in [0.25, 0.3) is 5.91 Å². The maximum absolute atomic E-state index is 12.4. The van der Waals surface area contributed by atoms with Gasteiger partial charge in [-0.25, -0.2) is 9.97 Å². The Morgan fingerprint density at radius 2 is 1.59 bits per heavy atom. The van der Waals surface area contributed by atoms with E-state index in [2.05, 4.69) is 40.5 Å². The van der Waals surface area contributed by atoms with Crippen LogP contribution in [-0.2, 0) is 0 Å². The normalized spacial score (nSPS) is 10.8. The molecule has 2 N–H and O–H groups in total. The number of hydrogen-bond acceptors (Lipinski definition) is 5. The predicted octanol–water partition coefficient (Wildman–Crippen LogP) is 5.38. The fraction of sp³-hybridized carbons (Fsp3) is 0.261. The van der Waals surface area contributed by atoms with Gasteiger partial charge in [-0.05, 0) is 55.7 Å². The van der Waals surface area contributed by atoms with Gasteiger partial charge in [0.15, 0.2) is 0 Å². The summed E-state index contributed by atoms with van der Waals surface area (Å²) in [5.74, 6) is 1.32. The average molecular weight is 390 g/mol. The molecular formula is C23H26N4O2. The van der Waals surface area contributed by atoms with Gasteiger partial charge < -0.3 is 15.4 Å². The van der Waals surface area contributed by atoms with Crippen LogP contribution in [0, 0.1) is 0 Å². The molecule has 1 amide bonds. The van der Waals surface area contributed by atoms with E-state index < -0.39 is 0 Å². The second-order valence-corrected chi connectivity index (χ2v) is 7.31. The number of nitrogens with zero attached hydrogens (tertiary/aromatic N) is 2. The van der Waals surface area contributed by atoms with Crippen LogP contribution in [-0.4, -0.2) is 22.0 Å². The molecule has 6 nitrogen and oxygen atoms in total. The molecule has 0 atom stereocenters. The van der Waals surface area contributed by atoms with Gasteiger partial charge in [-0.3, -0.25) is 4.79 Å². The minimum absolute atomic E-state index is 0.104. The third kappa shape index (κ3) is 5.54. The zero-order valence-electron chi connectivity index (χ0n) is 17.1. The van der Waals surface area contributed by atoms with Gasteiger partial charge in [-0.2, -0.15) is 0 Å². The first-order valence-corrected chi connectivity index (χ1v) is 9.68. The summed E-state index contributed by atoms with van der Waals surface area (Å²) in [7, 11) is 0. The lowest BCUT2D eigenvalue weighted by atomic mass is 10.0. The maximum Gasteiger partial charge on any atom is 0.258 e. The van der Waals surface area contributed by atoms with E-state index in [0.717, 1.165) is 11.4 Å². The van der Waals surface area contributed by atoms with Crippen molar-refractivity contribution >= 4 is 23.2 Å². The van der Waals surface area contributed by atoms with E-state index in [9.17, 15) is 4.79 Å². The highest BCUT2D eigenvalue weighted by Gasteiger charge is 2.10. The molecule has 0 aliphatic heterocycles. The molecular weight excluding hydrogens is 364 g/mol. The lowest BCUT2D eigenvalue weighted by Crippen LogP contribution is -2.13. The van der Waals surface area contributed by atoms with E-state index in [0.29, 0.717) is 23.1 Å². The zero-order valence-corrected chi connectivity index (χ0v) is 17.1. The Bertz CT molecular complexity index is 951. The van der Waals surface area contributed by atoms with Crippen molar-refractivity contribution in [3.05, 3.63) is 72.1 Å². The molecule has 1 heterocycles. The fourth-order valence-corrected chi connectivity index (χ4v) is 2.84. The van der Waals surface area contributed by atoms with Gasteiger partial charge in [0, 0.05) is 23.8 Å². The third-order valence-electron chi connectivity index (χ3n) is 4.23. The predicted molar refractivity (Wildman–Crippen MR) is 116 cm³/mol. The Hall–Kier alpha value is -3.41. The van der Waals surface area contributed by atoms with Crippen LogP contribution in [0.1, 0.15) is 49.5 Å². The van der Waals surface area contributed by atoms with Crippen molar-refractivity contribution < 1.29 is 9.53 Å². The highest BCUT2D eigenvalue weighted by atomic mass is 16.5. The van der Waals surface area contributed by atoms with Crippen LogP contribution < -0.4 is 15.4 Å². The summed E-state index contributed by atoms with van der Waals surface area (Å²) in [6.07, 6.45) is 3.13. The van der Waals surface area contributed by atoms with Crippen molar-refractivity contribution in [3.63, 3.8) is 0 Å². The summed E-state index contributed by atoms with van der Waals surface area (Å²) in [6, 6.07) is 15.3. The molecule has 150 valence electrons. The number of anilines is 3. The summed E-state index contributed by atoms with van der Waals surface area (Å²) < 4.78 is 5.60. The van der Waals surface area contributed by atoms with E-state index >= 15 is 0 Å². The van der Waals surface area contributed by atoms with Crippen LogP contribution >= 0.6 is 0 Å².